The number of carbonyl (C=O) groups is 1. The summed E-state index contributed by atoms with van der Waals surface area (Å²) >= 11 is 0. The number of rotatable bonds is 2. The van der Waals surface area contributed by atoms with Gasteiger partial charge in [-0.3, -0.25) is 0 Å². The molecule has 7 nitrogen and oxygen atoms in total. The number of imidazole rings is 1. The Morgan fingerprint density at radius 2 is 2.25 bits per heavy atom. The van der Waals surface area contributed by atoms with Gasteiger partial charge in [0, 0.05) is 4.91 Å². The summed E-state index contributed by atoms with van der Waals surface area (Å²) in [6, 6.07) is 5.33. The van der Waals surface area contributed by atoms with Crippen molar-refractivity contribution in [3.05, 3.63) is 40.5 Å². The normalized spacial score (nSPS) is 11.2. The standard InChI is InChI=1S/C13H15N5O2/c1-13(2,3)20-12(19)18-8-15-10-6-9(7-16-17-14)4-5-11(10)18/h4-6,8H,7H2,1-3H3. The summed E-state index contributed by atoms with van der Waals surface area (Å²) in [5, 5.41) is 3.49. The van der Waals surface area contributed by atoms with Crippen LogP contribution in [0.25, 0.3) is 21.5 Å². The number of benzene rings is 1. The molecule has 2 aromatic rings. The third kappa shape index (κ3) is 3.07. The number of aromatic nitrogens is 2. The van der Waals surface area contributed by atoms with E-state index >= 15 is 0 Å². The lowest BCUT2D eigenvalue weighted by Gasteiger charge is -2.19. The zero-order valence-corrected chi connectivity index (χ0v) is 11.6. The second-order valence-electron chi connectivity index (χ2n) is 5.31. The molecule has 0 radical (unpaired) electrons. The molecule has 0 bridgehead atoms. The molecule has 104 valence electrons. The lowest BCUT2D eigenvalue weighted by atomic mass is 10.2. The largest absolute Gasteiger partial charge is 0.443 e. The predicted octanol–water partition coefficient (Wildman–Crippen LogP) is 3.63. The highest BCUT2D eigenvalue weighted by atomic mass is 16.6. The van der Waals surface area contributed by atoms with Gasteiger partial charge in [0.2, 0.25) is 0 Å². The van der Waals surface area contributed by atoms with Gasteiger partial charge < -0.3 is 4.74 Å². The number of ether oxygens (including phenoxy) is 1. The molecular formula is C13H15N5O2. The fourth-order valence-corrected chi connectivity index (χ4v) is 1.73. The van der Waals surface area contributed by atoms with Crippen LogP contribution >= 0.6 is 0 Å². The minimum Gasteiger partial charge on any atom is -0.443 e. The molecule has 0 saturated carbocycles. The van der Waals surface area contributed by atoms with Gasteiger partial charge in [-0.1, -0.05) is 11.2 Å². The first kappa shape index (κ1) is 13.9. The molecule has 0 amide bonds. The van der Waals surface area contributed by atoms with Gasteiger partial charge in [-0.2, -0.15) is 0 Å². The lowest BCUT2D eigenvalue weighted by Crippen LogP contribution is -2.26. The topological polar surface area (TPSA) is 92.9 Å². The van der Waals surface area contributed by atoms with Crippen LogP contribution in [-0.4, -0.2) is 21.2 Å². The maximum absolute atomic E-state index is 12.0. The summed E-state index contributed by atoms with van der Waals surface area (Å²) in [4.78, 5) is 18.9. The van der Waals surface area contributed by atoms with Crippen LogP contribution in [0.2, 0.25) is 0 Å². The molecule has 7 heteroatoms. The molecule has 0 aliphatic heterocycles. The Morgan fingerprint density at radius 1 is 1.50 bits per heavy atom. The molecule has 0 spiro atoms. The van der Waals surface area contributed by atoms with E-state index in [-0.39, 0.29) is 6.54 Å². The highest BCUT2D eigenvalue weighted by molar-refractivity contribution is 5.86. The van der Waals surface area contributed by atoms with E-state index in [1.54, 1.807) is 18.2 Å². The van der Waals surface area contributed by atoms with Crippen molar-refractivity contribution in [2.45, 2.75) is 32.9 Å². The third-order valence-electron chi connectivity index (χ3n) is 2.52. The summed E-state index contributed by atoms with van der Waals surface area (Å²) in [6.07, 6.45) is 0.957. The molecule has 2 rings (SSSR count). The molecule has 0 aliphatic carbocycles. The second-order valence-corrected chi connectivity index (χ2v) is 5.31. The van der Waals surface area contributed by atoms with Crippen molar-refractivity contribution in [2.75, 3.05) is 0 Å². The van der Waals surface area contributed by atoms with Gasteiger partial charge in [0.1, 0.15) is 11.9 Å². The van der Waals surface area contributed by atoms with Gasteiger partial charge in [0.15, 0.2) is 0 Å². The number of hydrogen-bond donors (Lipinski definition) is 0. The van der Waals surface area contributed by atoms with Crippen LogP contribution < -0.4 is 0 Å². The van der Waals surface area contributed by atoms with E-state index in [0.29, 0.717) is 11.0 Å². The van der Waals surface area contributed by atoms with E-state index in [1.165, 1.54) is 10.9 Å². The monoisotopic (exact) mass is 273 g/mol. The molecule has 1 aromatic heterocycles. The molecule has 1 aromatic carbocycles. The molecule has 0 unspecified atom stereocenters. The Bertz CT molecular complexity index is 692. The van der Waals surface area contributed by atoms with Gasteiger partial charge >= 0.3 is 6.09 Å². The number of azide groups is 1. The van der Waals surface area contributed by atoms with Gasteiger partial charge in [0.05, 0.1) is 17.6 Å². The number of hydrogen-bond acceptors (Lipinski definition) is 4. The number of carbonyl (C=O) groups excluding carboxylic acids is 1. The Hall–Kier alpha value is -2.53. The van der Waals surface area contributed by atoms with Crippen LogP contribution in [-0.2, 0) is 11.3 Å². The fourth-order valence-electron chi connectivity index (χ4n) is 1.73. The Morgan fingerprint density at radius 3 is 2.90 bits per heavy atom. The van der Waals surface area contributed by atoms with E-state index < -0.39 is 11.7 Å². The van der Waals surface area contributed by atoms with Crippen LogP contribution in [0.3, 0.4) is 0 Å². The summed E-state index contributed by atoms with van der Waals surface area (Å²) < 4.78 is 6.66. The van der Waals surface area contributed by atoms with E-state index in [4.69, 9.17) is 10.3 Å². The SMILES string of the molecule is CC(C)(C)OC(=O)n1cnc2cc(CN=[N+]=[N-])ccc21. The minimum atomic E-state index is -0.560. The number of fused-ring (bicyclic) bond motifs is 1. The van der Waals surface area contributed by atoms with Crippen molar-refractivity contribution in [1.82, 2.24) is 9.55 Å². The van der Waals surface area contributed by atoms with Gasteiger partial charge in [-0.05, 0) is 44.0 Å². The Balaban J connectivity index is 2.33. The van der Waals surface area contributed by atoms with E-state index in [1.807, 2.05) is 20.8 Å². The molecule has 0 N–H and O–H groups in total. The quantitative estimate of drug-likeness (QED) is 0.475. The summed E-state index contributed by atoms with van der Waals surface area (Å²) in [5.74, 6) is 0. The summed E-state index contributed by atoms with van der Waals surface area (Å²) in [6.45, 7) is 5.68. The summed E-state index contributed by atoms with van der Waals surface area (Å²) in [7, 11) is 0. The first-order valence-corrected chi connectivity index (χ1v) is 6.11. The maximum Gasteiger partial charge on any atom is 0.420 e. The number of nitrogens with zero attached hydrogens (tertiary/aromatic N) is 5. The Kier molecular flexibility index (Phi) is 3.63. The van der Waals surface area contributed by atoms with Crippen molar-refractivity contribution in [2.24, 2.45) is 5.11 Å². The minimum absolute atomic E-state index is 0.256. The molecular weight excluding hydrogens is 258 g/mol. The first-order valence-electron chi connectivity index (χ1n) is 6.11. The summed E-state index contributed by atoms with van der Waals surface area (Å²) in [5.41, 5.74) is 9.89. The van der Waals surface area contributed by atoms with Crippen LogP contribution in [0.4, 0.5) is 4.79 Å². The second kappa shape index (κ2) is 5.22. The fraction of sp³-hybridized carbons (Fsp3) is 0.385. The highest BCUT2D eigenvalue weighted by Crippen LogP contribution is 2.17. The molecule has 0 aliphatic rings. The third-order valence-corrected chi connectivity index (χ3v) is 2.52. The Labute approximate surface area is 115 Å². The van der Waals surface area contributed by atoms with E-state index in [9.17, 15) is 4.79 Å². The van der Waals surface area contributed by atoms with E-state index in [0.717, 1.165) is 5.56 Å². The van der Waals surface area contributed by atoms with Crippen molar-refractivity contribution in [1.29, 1.82) is 0 Å². The van der Waals surface area contributed by atoms with Crippen molar-refractivity contribution in [3.8, 4) is 0 Å². The molecule has 0 saturated heterocycles. The zero-order chi connectivity index (χ0) is 14.8. The van der Waals surface area contributed by atoms with Crippen LogP contribution in [0.15, 0.2) is 29.6 Å². The average molecular weight is 273 g/mol. The first-order chi connectivity index (χ1) is 9.40. The highest BCUT2D eigenvalue weighted by Gasteiger charge is 2.19. The van der Waals surface area contributed by atoms with Crippen LogP contribution in [0.5, 0.6) is 0 Å². The maximum atomic E-state index is 12.0. The van der Waals surface area contributed by atoms with Crippen molar-refractivity contribution < 1.29 is 9.53 Å². The van der Waals surface area contributed by atoms with Gasteiger partial charge in [-0.25, -0.2) is 14.3 Å². The molecule has 20 heavy (non-hydrogen) atoms. The molecule has 1 heterocycles. The molecule has 0 fully saturated rings. The van der Waals surface area contributed by atoms with E-state index in [2.05, 4.69) is 15.0 Å². The lowest BCUT2D eigenvalue weighted by molar-refractivity contribution is 0.0543. The zero-order valence-electron chi connectivity index (χ0n) is 11.6. The van der Waals surface area contributed by atoms with Crippen LogP contribution in [0, 0.1) is 0 Å². The smallest absolute Gasteiger partial charge is 0.420 e. The van der Waals surface area contributed by atoms with Crippen molar-refractivity contribution >= 4 is 17.1 Å². The van der Waals surface area contributed by atoms with Crippen molar-refractivity contribution in [3.63, 3.8) is 0 Å². The van der Waals surface area contributed by atoms with Gasteiger partial charge in [-0.15, -0.1) is 0 Å². The van der Waals surface area contributed by atoms with Gasteiger partial charge in [0.25, 0.3) is 0 Å². The average Bonchev–Trinajstić information content (AvgIpc) is 2.77. The molecule has 0 atom stereocenters. The van der Waals surface area contributed by atoms with Crippen LogP contribution in [0.1, 0.15) is 26.3 Å². The predicted molar refractivity (Wildman–Crippen MR) is 74.2 cm³/mol.